The van der Waals surface area contributed by atoms with Crippen LogP contribution in [-0.4, -0.2) is 28.5 Å². The molecule has 4 rings (SSSR count). The largest absolute Gasteiger partial charge is 0.492 e. The first-order valence-electron chi connectivity index (χ1n) is 7.99. The number of aromatic amines is 1. The number of methoxy groups -OCH3 is 1. The van der Waals surface area contributed by atoms with Crippen molar-refractivity contribution in [1.29, 1.82) is 0 Å². The van der Waals surface area contributed by atoms with E-state index in [2.05, 4.69) is 14.9 Å². The van der Waals surface area contributed by atoms with Crippen LogP contribution in [0.15, 0.2) is 41.3 Å². The van der Waals surface area contributed by atoms with Gasteiger partial charge in [-0.25, -0.2) is 9.37 Å². The molecule has 0 spiro atoms. The van der Waals surface area contributed by atoms with Crippen LogP contribution < -0.4 is 4.74 Å². The summed E-state index contributed by atoms with van der Waals surface area (Å²) in [4.78, 5) is 9.86. The molecule has 0 saturated heterocycles. The predicted molar refractivity (Wildman–Crippen MR) is 91.2 cm³/mol. The van der Waals surface area contributed by atoms with Gasteiger partial charge in [-0.05, 0) is 29.8 Å². The van der Waals surface area contributed by atoms with Crippen LogP contribution in [0, 0.1) is 5.82 Å². The van der Waals surface area contributed by atoms with E-state index in [1.807, 2.05) is 12.1 Å². The van der Waals surface area contributed by atoms with Crippen LogP contribution in [0.25, 0.3) is 0 Å². The number of aromatic nitrogens is 2. The van der Waals surface area contributed by atoms with Gasteiger partial charge in [0, 0.05) is 18.7 Å². The highest BCUT2D eigenvalue weighted by Crippen LogP contribution is 2.38. The Kier molecular flexibility index (Phi) is 4.23. The topological polar surface area (TPSA) is 54.3 Å². The van der Waals surface area contributed by atoms with Crippen molar-refractivity contribution in [2.75, 3.05) is 13.7 Å². The van der Waals surface area contributed by atoms with Crippen molar-refractivity contribution >= 4 is 11.6 Å². The fourth-order valence-electron chi connectivity index (χ4n) is 3.40. The molecule has 130 valence electrons. The number of H-pyrrole nitrogens is 1. The van der Waals surface area contributed by atoms with E-state index in [1.165, 1.54) is 13.2 Å². The number of hydrogen-bond acceptors (Lipinski definition) is 4. The number of benzene rings is 1. The van der Waals surface area contributed by atoms with Crippen LogP contribution >= 0.6 is 11.6 Å². The zero-order chi connectivity index (χ0) is 17.4. The van der Waals surface area contributed by atoms with E-state index in [4.69, 9.17) is 20.8 Å². The molecule has 0 saturated carbocycles. The molecule has 7 heteroatoms. The summed E-state index contributed by atoms with van der Waals surface area (Å²) in [6.45, 7) is 1.40. The van der Waals surface area contributed by atoms with Gasteiger partial charge < -0.3 is 14.1 Å². The molecule has 1 aliphatic rings. The molecule has 0 radical (unpaired) electrons. The third-order valence-corrected chi connectivity index (χ3v) is 4.79. The first-order chi connectivity index (χ1) is 12.2. The Bertz CT molecular complexity index is 855. The molecule has 1 aliphatic heterocycles. The molecule has 1 N–H and O–H groups in total. The number of nitrogens with one attached hydrogen (secondary N) is 1. The van der Waals surface area contributed by atoms with E-state index in [0.29, 0.717) is 6.54 Å². The second-order valence-electron chi connectivity index (χ2n) is 5.99. The van der Waals surface area contributed by atoms with Crippen molar-refractivity contribution in [3.8, 4) is 5.75 Å². The average Bonchev–Trinajstić information content (AvgIpc) is 3.25. The Hall–Kier alpha value is -2.31. The van der Waals surface area contributed by atoms with Gasteiger partial charge in [0.25, 0.3) is 0 Å². The van der Waals surface area contributed by atoms with Gasteiger partial charge in [-0.2, -0.15) is 0 Å². The second kappa shape index (κ2) is 6.54. The van der Waals surface area contributed by atoms with Crippen LogP contribution in [0.4, 0.5) is 4.39 Å². The minimum absolute atomic E-state index is 0.0565. The van der Waals surface area contributed by atoms with Crippen LogP contribution in [-0.2, 0) is 13.0 Å². The first-order valence-corrected chi connectivity index (χ1v) is 8.36. The Morgan fingerprint density at radius 3 is 3.08 bits per heavy atom. The fourth-order valence-corrected chi connectivity index (χ4v) is 3.69. The lowest BCUT2D eigenvalue weighted by molar-refractivity contribution is 0.185. The number of nitrogens with zero attached hydrogens (tertiary/aromatic N) is 2. The summed E-state index contributed by atoms with van der Waals surface area (Å²) >= 11 is 6.22. The number of fused-ring (bicyclic) bond motifs is 1. The van der Waals surface area contributed by atoms with Gasteiger partial charge in [0.2, 0.25) is 0 Å². The predicted octanol–water partition coefficient (Wildman–Crippen LogP) is 3.95. The SMILES string of the molecule is COc1c(F)cc([C@@H]2c3nc[nH]c3CCN2Cc2ccco2)cc1Cl. The van der Waals surface area contributed by atoms with Gasteiger partial charge >= 0.3 is 0 Å². The summed E-state index contributed by atoms with van der Waals surface area (Å²) < 4.78 is 24.9. The van der Waals surface area contributed by atoms with Crippen molar-refractivity contribution in [3.63, 3.8) is 0 Å². The van der Waals surface area contributed by atoms with Crippen molar-refractivity contribution in [2.24, 2.45) is 0 Å². The summed E-state index contributed by atoms with van der Waals surface area (Å²) in [5, 5.41) is 0.248. The molecule has 1 aromatic carbocycles. The molecular formula is C18H17ClFN3O2. The minimum Gasteiger partial charge on any atom is -0.492 e. The number of rotatable bonds is 4. The number of hydrogen-bond donors (Lipinski definition) is 1. The summed E-state index contributed by atoms with van der Waals surface area (Å²) in [7, 11) is 1.40. The standard InChI is InChI=1S/C18H17ClFN3O2/c1-24-18-13(19)7-11(8-14(18)20)17-16-15(21-10-22-16)4-5-23(17)9-12-3-2-6-25-12/h2-3,6-8,10,17H,4-5,9H2,1H3,(H,21,22)/t17-/m1/s1. The Morgan fingerprint density at radius 1 is 1.48 bits per heavy atom. The van der Waals surface area contributed by atoms with Crippen molar-refractivity contribution in [3.05, 3.63) is 70.4 Å². The summed E-state index contributed by atoms with van der Waals surface area (Å²) in [6.07, 6.45) is 4.17. The zero-order valence-corrected chi connectivity index (χ0v) is 14.4. The highest BCUT2D eigenvalue weighted by molar-refractivity contribution is 6.32. The maximum absolute atomic E-state index is 14.4. The Labute approximate surface area is 149 Å². The van der Waals surface area contributed by atoms with Crippen molar-refractivity contribution < 1.29 is 13.5 Å². The fraction of sp³-hybridized carbons (Fsp3) is 0.278. The van der Waals surface area contributed by atoms with Gasteiger partial charge in [0.1, 0.15) is 5.76 Å². The van der Waals surface area contributed by atoms with Gasteiger partial charge in [-0.1, -0.05) is 11.6 Å². The number of ether oxygens (including phenoxy) is 1. The van der Waals surface area contributed by atoms with Crippen LogP contribution in [0.1, 0.15) is 28.8 Å². The van der Waals surface area contributed by atoms with E-state index in [1.54, 1.807) is 18.7 Å². The minimum atomic E-state index is -0.481. The smallest absolute Gasteiger partial charge is 0.173 e. The first kappa shape index (κ1) is 16.2. The normalized spacial score (nSPS) is 17.5. The number of imidazole rings is 1. The molecular weight excluding hydrogens is 345 g/mol. The molecule has 0 aliphatic carbocycles. The summed E-state index contributed by atoms with van der Waals surface area (Å²) in [5.74, 6) is 0.427. The Balaban J connectivity index is 1.77. The lowest BCUT2D eigenvalue weighted by atomic mass is 9.95. The maximum Gasteiger partial charge on any atom is 0.173 e. The molecule has 3 aromatic rings. The molecule has 2 aromatic heterocycles. The summed E-state index contributed by atoms with van der Waals surface area (Å²) in [6, 6.07) is 6.79. The lowest BCUT2D eigenvalue weighted by Crippen LogP contribution is -2.35. The lowest BCUT2D eigenvalue weighted by Gasteiger charge is -2.34. The third-order valence-electron chi connectivity index (χ3n) is 4.50. The zero-order valence-electron chi connectivity index (χ0n) is 13.6. The van der Waals surface area contributed by atoms with Crippen LogP contribution in [0.5, 0.6) is 5.75 Å². The van der Waals surface area contributed by atoms with Gasteiger partial charge in [-0.15, -0.1) is 0 Å². The van der Waals surface area contributed by atoms with E-state index < -0.39 is 5.82 Å². The molecule has 3 heterocycles. The summed E-state index contributed by atoms with van der Waals surface area (Å²) in [5.41, 5.74) is 2.69. The van der Waals surface area contributed by atoms with E-state index in [-0.39, 0.29) is 16.8 Å². The van der Waals surface area contributed by atoms with Crippen molar-refractivity contribution in [2.45, 2.75) is 19.0 Å². The molecule has 1 atom stereocenters. The molecule has 0 bridgehead atoms. The van der Waals surface area contributed by atoms with E-state index in [0.717, 1.165) is 35.7 Å². The highest BCUT2D eigenvalue weighted by atomic mass is 35.5. The van der Waals surface area contributed by atoms with Gasteiger partial charge in [0.05, 0.1) is 43.0 Å². The van der Waals surface area contributed by atoms with Gasteiger partial charge in [-0.3, -0.25) is 4.90 Å². The molecule has 0 unspecified atom stereocenters. The van der Waals surface area contributed by atoms with Crippen molar-refractivity contribution in [1.82, 2.24) is 14.9 Å². The number of furan rings is 1. The quantitative estimate of drug-likeness (QED) is 0.764. The average molecular weight is 362 g/mol. The van der Waals surface area contributed by atoms with Gasteiger partial charge in [0.15, 0.2) is 11.6 Å². The van der Waals surface area contributed by atoms with E-state index in [9.17, 15) is 4.39 Å². The molecule has 0 fully saturated rings. The number of halogens is 2. The Morgan fingerprint density at radius 2 is 2.36 bits per heavy atom. The highest BCUT2D eigenvalue weighted by Gasteiger charge is 2.32. The monoisotopic (exact) mass is 361 g/mol. The van der Waals surface area contributed by atoms with E-state index >= 15 is 0 Å². The molecule has 5 nitrogen and oxygen atoms in total. The maximum atomic E-state index is 14.4. The second-order valence-corrected chi connectivity index (χ2v) is 6.39. The molecule has 0 amide bonds. The van der Waals surface area contributed by atoms with Crippen LogP contribution in [0.3, 0.4) is 0 Å². The third kappa shape index (κ3) is 2.92. The molecule has 25 heavy (non-hydrogen) atoms. The van der Waals surface area contributed by atoms with Crippen LogP contribution in [0.2, 0.25) is 5.02 Å².